The van der Waals surface area contributed by atoms with Crippen LogP contribution in [0.25, 0.3) is 0 Å². The number of hydrogen-bond acceptors (Lipinski definition) is 3. The maximum Gasteiger partial charge on any atom is 0.312 e. The van der Waals surface area contributed by atoms with Crippen LogP contribution in [0.4, 0.5) is 0 Å². The van der Waals surface area contributed by atoms with E-state index in [0.717, 1.165) is 12.8 Å². The number of carbonyl (C=O) groups is 1. The molecule has 10 heavy (non-hydrogen) atoms. The number of nitrogens with zero attached hydrogens (tertiary/aromatic N) is 1. The Morgan fingerprint density at radius 1 is 1.80 bits per heavy atom. The summed E-state index contributed by atoms with van der Waals surface area (Å²) in [5.41, 5.74) is -0.253. The van der Waals surface area contributed by atoms with E-state index in [1.807, 2.05) is 6.92 Å². The summed E-state index contributed by atoms with van der Waals surface area (Å²) in [6.07, 6.45) is 1.80. The van der Waals surface area contributed by atoms with Crippen molar-refractivity contribution >= 4 is 5.97 Å². The Kier molecular flexibility index (Phi) is 1.62. The Hall–Kier alpha value is -1.04. The second-order valence-electron chi connectivity index (χ2n) is 2.79. The zero-order valence-corrected chi connectivity index (χ0v) is 5.89. The molecule has 0 N–H and O–H groups in total. The van der Waals surface area contributed by atoms with Gasteiger partial charge < -0.3 is 4.74 Å². The standard InChI is InChI=1S/C7H9NO2/c1-7(2-3-7)6(9)10-5-4-8/h2-3,5H2,1H3. The van der Waals surface area contributed by atoms with Crippen molar-refractivity contribution < 1.29 is 9.53 Å². The monoisotopic (exact) mass is 139 g/mol. The van der Waals surface area contributed by atoms with Gasteiger partial charge in [-0.3, -0.25) is 4.79 Å². The smallest absolute Gasteiger partial charge is 0.312 e. The van der Waals surface area contributed by atoms with Gasteiger partial charge in [-0.1, -0.05) is 0 Å². The quantitative estimate of drug-likeness (QED) is 0.533. The fraction of sp³-hybridized carbons (Fsp3) is 0.714. The summed E-state index contributed by atoms with van der Waals surface area (Å²) in [6, 6.07) is 1.76. The summed E-state index contributed by atoms with van der Waals surface area (Å²) in [5.74, 6) is -0.228. The largest absolute Gasteiger partial charge is 0.450 e. The third-order valence-electron chi connectivity index (χ3n) is 1.76. The predicted octanol–water partition coefficient (Wildman–Crippen LogP) is 0.853. The molecule has 54 valence electrons. The summed E-state index contributed by atoms with van der Waals surface area (Å²) in [7, 11) is 0. The lowest BCUT2D eigenvalue weighted by Crippen LogP contribution is -2.15. The van der Waals surface area contributed by atoms with Crippen LogP contribution < -0.4 is 0 Å². The van der Waals surface area contributed by atoms with Gasteiger partial charge in [-0.05, 0) is 19.8 Å². The van der Waals surface area contributed by atoms with E-state index in [4.69, 9.17) is 5.26 Å². The molecule has 0 radical (unpaired) electrons. The highest BCUT2D eigenvalue weighted by Gasteiger charge is 2.46. The van der Waals surface area contributed by atoms with Gasteiger partial charge in [-0.2, -0.15) is 5.26 Å². The third kappa shape index (κ3) is 1.27. The first-order valence-corrected chi connectivity index (χ1v) is 3.23. The summed E-state index contributed by atoms with van der Waals surface area (Å²) in [6.45, 7) is 1.74. The van der Waals surface area contributed by atoms with E-state index in [1.165, 1.54) is 0 Å². The zero-order valence-electron chi connectivity index (χ0n) is 5.89. The van der Waals surface area contributed by atoms with Gasteiger partial charge in [-0.25, -0.2) is 0 Å². The van der Waals surface area contributed by atoms with Crippen molar-refractivity contribution in [2.24, 2.45) is 5.41 Å². The first-order valence-electron chi connectivity index (χ1n) is 3.23. The first kappa shape index (κ1) is 7.07. The van der Waals surface area contributed by atoms with Crippen LogP contribution in [0, 0.1) is 16.7 Å². The Balaban J connectivity index is 2.30. The Morgan fingerprint density at radius 3 is 2.80 bits per heavy atom. The molecule has 1 aliphatic carbocycles. The summed E-state index contributed by atoms with van der Waals surface area (Å²) in [4.78, 5) is 10.9. The molecule has 3 heteroatoms. The number of hydrogen-bond donors (Lipinski definition) is 0. The number of ether oxygens (including phenoxy) is 1. The molecule has 0 aliphatic heterocycles. The van der Waals surface area contributed by atoms with Crippen molar-refractivity contribution in [3.8, 4) is 6.07 Å². The average molecular weight is 139 g/mol. The molecule has 0 spiro atoms. The maximum atomic E-state index is 10.9. The maximum absolute atomic E-state index is 10.9. The van der Waals surface area contributed by atoms with Crippen LogP contribution in [0.2, 0.25) is 0 Å². The second kappa shape index (κ2) is 2.30. The average Bonchev–Trinajstić information content (AvgIpc) is 2.64. The summed E-state index contributed by atoms with van der Waals surface area (Å²) >= 11 is 0. The number of nitriles is 1. The van der Waals surface area contributed by atoms with Gasteiger partial charge in [-0.15, -0.1) is 0 Å². The van der Waals surface area contributed by atoms with Crippen LogP contribution in [0.1, 0.15) is 19.8 Å². The fourth-order valence-electron chi connectivity index (χ4n) is 0.664. The van der Waals surface area contributed by atoms with Crippen molar-refractivity contribution in [2.75, 3.05) is 6.61 Å². The van der Waals surface area contributed by atoms with E-state index in [0.29, 0.717) is 0 Å². The summed E-state index contributed by atoms with van der Waals surface area (Å²) < 4.78 is 4.62. The first-order chi connectivity index (χ1) is 4.69. The lowest BCUT2D eigenvalue weighted by Gasteiger charge is -2.04. The van der Waals surface area contributed by atoms with Crippen LogP contribution in [0.3, 0.4) is 0 Å². The molecule has 0 saturated heterocycles. The van der Waals surface area contributed by atoms with E-state index < -0.39 is 0 Å². The number of carbonyl (C=O) groups excluding carboxylic acids is 1. The molecule has 1 saturated carbocycles. The third-order valence-corrected chi connectivity index (χ3v) is 1.76. The SMILES string of the molecule is CC1(C(=O)OCC#N)CC1. The number of rotatable bonds is 2. The van der Waals surface area contributed by atoms with Gasteiger partial charge in [0.05, 0.1) is 5.41 Å². The lowest BCUT2D eigenvalue weighted by molar-refractivity contribution is -0.148. The predicted molar refractivity (Wildman–Crippen MR) is 33.9 cm³/mol. The van der Waals surface area contributed by atoms with Gasteiger partial charge >= 0.3 is 5.97 Å². The molecule has 0 heterocycles. The highest BCUT2D eigenvalue weighted by atomic mass is 16.5. The van der Waals surface area contributed by atoms with Crippen LogP contribution >= 0.6 is 0 Å². The van der Waals surface area contributed by atoms with Crippen molar-refractivity contribution in [1.29, 1.82) is 5.26 Å². The van der Waals surface area contributed by atoms with E-state index in [9.17, 15) is 4.79 Å². The Labute approximate surface area is 59.6 Å². The minimum atomic E-state index is -0.253. The highest BCUT2D eigenvalue weighted by Crippen LogP contribution is 2.45. The Morgan fingerprint density at radius 2 is 2.40 bits per heavy atom. The van der Waals surface area contributed by atoms with E-state index >= 15 is 0 Å². The molecule has 0 aromatic carbocycles. The molecule has 1 fully saturated rings. The van der Waals surface area contributed by atoms with Gasteiger partial charge in [0.25, 0.3) is 0 Å². The molecule has 3 nitrogen and oxygen atoms in total. The lowest BCUT2D eigenvalue weighted by atomic mass is 10.1. The highest BCUT2D eigenvalue weighted by molar-refractivity contribution is 5.79. The van der Waals surface area contributed by atoms with E-state index in [2.05, 4.69) is 4.74 Å². The molecule has 0 amide bonds. The zero-order chi connectivity index (χ0) is 7.61. The van der Waals surface area contributed by atoms with Gasteiger partial charge in [0.2, 0.25) is 0 Å². The molecular weight excluding hydrogens is 130 g/mol. The molecule has 0 unspecified atom stereocenters. The van der Waals surface area contributed by atoms with Crippen molar-refractivity contribution in [1.82, 2.24) is 0 Å². The molecule has 0 aromatic heterocycles. The van der Waals surface area contributed by atoms with Gasteiger partial charge in [0.15, 0.2) is 6.61 Å². The minimum absolute atomic E-state index is 0.117. The van der Waals surface area contributed by atoms with Crippen LogP contribution in [-0.4, -0.2) is 12.6 Å². The molecule has 1 aliphatic rings. The molecule has 0 atom stereocenters. The minimum Gasteiger partial charge on any atom is -0.450 e. The number of esters is 1. The molecule has 0 aromatic rings. The van der Waals surface area contributed by atoms with E-state index in [-0.39, 0.29) is 18.0 Å². The van der Waals surface area contributed by atoms with Crippen molar-refractivity contribution in [3.63, 3.8) is 0 Å². The fourth-order valence-corrected chi connectivity index (χ4v) is 0.664. The summed E-state index contributed by atoms with van der Waals surface area (Å²) in [5, 5.41) is 8.07. The van der Waals surface area contributed by atoms with Gasteiger partial charge in [0, 0.05) is 0 Å². The van der Waals surface area contributed by atoms with Crippen molar-refractivity contribution in [2.45, 2.75) is 19.8 Å². The Bertz CT molecular complexity index is 188. The second-order valence-corrected chi connectivity index (χ2v) is 2.79. The molecule has 1 rings (SSSR count). The van der Waals surface area contributed by atoms with Crippen LogP contribution in [-0.2, 0) is 9.53 Å². The van der Waals surface area contributed by atoms with Crippen LogP contribution in [0.15, 0.2) is 0 Å². The van der Waals surface area contributed by atoms with Crippen molar-refractivity contribution in [3.05, 3.63) is 0 Å². The molecular formula is C7H9NO2. The molecule has 0 bridgehead atoms. The van der Waals surface area contributed by atoms with Gasteiger partial charge in [0.1, 0.15) is 6.07 Å². The van der Waals surface area contributed by atoms with E-state index in [1.54, 1.807) is 6.07 Å². The van der Waals surface area contributed by atoms with Crippen LogP contribution in [0.5, 0.6) is 0 Å². The topological polar surface area (TPSA) is 50.1 Å². The normalized spacial score (nSPS) is 19.2.